The molecule has 0 aromatic carbocycles. The van der Waals surface area contributed by atoms with Crippen LogP contribution in [0, 0.1) is 3.57 Å². The van der Waals surface area contributed by atoms with Gasteiger partial charge in [-0.1, -0.05) is 0 Å². The molecule has 0 unspecified atom stereocenters. The van der Waals surface area contributed by atoms with E-state index < -0.39 is 0 Å². The molecule has 0 radical (unpaired) electrons. The van der Waals surface area contributed by atoms with E-state index in [1.165, 1.54) is 0 Å². The third-order valence-corrected chi connectivity index (χ3v) is 3.56. The number of ether oxygens (including phenoxy) is 1. The summed E-state index contributed by atoms with van der Waals surface area (Å²) in [6, 6.07) is 3.88. The Bertz CT molecular complexity index is 533. The fourth-order valence-corrected chi connectivity index (χ4v) is 1.96. The van der Waals surface area contributed by atoms with E-state index in [1.807, 2.05) is 12.1 Å². The lowest BCUT2D eigenvalue weighted by atomic mass is 10.2. The highest BCUT2D eigenvalue weighted by Crippen LogP contribution is 2.18. The fraction of sp³-hybridized carbons (Fsp3) is 0.250. The van der Waals surface area contributed by atoms with Gasteiger partial charge in [-0.3, -0.25) is 4.98 Å². The number of pyridine rings is 1. The molecule has 0 saturated carbocycles. The molecule has 0 aliphatic heterocycles. The summed E-state index contributed by atoms with van der Waals surface area (Å²) in [5, 5.41) is 0. The smallest absolute Gasteiger partial charge is 0.141 e. The molecule has 2 rings (SSSR count). The van der Waals surface area contributed by atoms with Gasteiger partial charge in [-0.15, -0.1) is 0 Å². The molecular formula is C12H13IN4O. The zero-order chi connectivity index (χ0) is 13.0. The van der Waals surface area contributed by atoms with E-state index in [0.29, 0.717) is 24.7 Å². The first-order valence-corrected chi connectivity index (χ1v) is 6.47. The second kappa shape index (κ2) is 6.05. The highest BCUT2D eigenvalue weighted by Gasteiger charge is 2.10. The van der Waals surface area contributed by atoms with Gasteiger partial charge in [-0.25, -0.2) is 9.97 Å². The molecule has 0 aliphatic carbocycles. The first-order valence-electron chi connectivity index (χ1n) is 5.39. The second-order valence-corrected chi connectivity index (χ2v) is 4.83. The van der Waals surface area contributed by atoms with Gasteiger partial charge in [0.15, 0.2) is 0 Å². The van der Waals surface area contributed by atoms with Gasteiger partial charge in [0.25, 0.3) is 0 Å². The maximum atomic E-state index is 5.88. The van der Waals surface area contributed by atoms with Crippen LogP contribution in [0.5, 0.6) is 0 Å². The molecule has 0 atom stereocenters. The van der Waals surface area contributed by atoms with Gasteiger partial charge in [-0.05, 0) is 40.3 Å². The van der Waals surface area contributed by atoms with Crippen molar-refractivity contribution in [3.63, 3.8) is 0 Å². The van der Waals surface area contributed by atoms with Gasteiger partial charge in [-0.2, -0.15) is 0 Å². The molecule has 0 fully saturated rings. The zero-order valence-electron chi connectivity index (χ0n) is 9.93. The number of aromatic nitrogens is 3. The van der Waals surface area contributed by atoms with E-state index in [4.69, 9.17) is 10.5 Å². The number of hydrogen-bond donors (Lipinski definition) is 1. The first-order chi connectivity index (χ1) is 8.70. The maximum Gasteiger partial charge on any atom is 0.141 e. The number of nitrogens with zero attached hydrogens (tertiary/aromatic N) is 3. The summed E-state index contributed by atoms with van der Waals surface area (Å²) < 4.78 is 5.96. The van der Waals surface area contributed by atoms with Gasteiger partial charge >= 0.3 is 0 Å². The number of nitrogen functional groups attached to an aromatic ring is 1. The summed E-state index contributed by atoms with van der Waals surface area (Å²) in [5.74, 6) is 1.20. The summed E-state index contributed by atoms with van der Waals surface area (Å²) in [6.45, 7) is 0.439. The van der Waals surface area contributed by atoms with Crippen molar-refractivity contribution in [2.75, 3.05) is 12.8 Å². The molecule has 2 aromatic heterocycles. The molecule has 5 nitrogen and oxygen atoms in total. The van der Waals surface area contributed by atoms with Crippen molar-refractivity contribution in [1.82, 2.24) is 15.0 Å². The number of rotatable bonds is 4. The summed E-state index contributed by atoms with van der Waals surface area (Å²) in [4.78, 5) is 12.7. The summed E-state index contributed by atoms with van der Waals surface area (Å²) >= 11 is 2.14. The van der Waals surface area contributed by atoms with Crippen LogP contribution >= 0.6 is 22.6 Å². The number of halogens is 1. The molecule has 0 saturated heterocycles. The van der Waals surface area contributed by atoms with Crippen molar-refractivity contribution in [3.05, 3.63) is 45.2 Å². The lowest BCUT2D eigenvalue weighted by Gasteiger charge is -2.08. The molecule has 2 N–H and O–H groups in total. The van der Waals surface area contributed by atoms with Gasteiger partial charge in [0.05, 0.1) is 15.9 Å². The Kier molecular flexibility index (Phi) is 4.43. The van der Waals surface area contributed by atoms with Crippen LogP contribution in [-0.4, -0.2) is 22.1 Å². The predicted molar refractivity (Wildman–Crippen MR) is 76.9 cm³/mol. The number of anilines is 1. The molecule has 0 amide bonds. The van der Waals surface area contributed by atoms with E-state index in [9.17, 15) is 0 Å². The minimum absolute atomic E-state index is 0.439. The lowest BCUT2D eigenvalue weighted by Crippen LogP contribution is -2.08. The Morgan fingerprint density at radius 2 is 2.00 bits per heavy atom. The topological polar surface area (TPSA) is 73.9 Å². The second-order valence-electron chi connectivity index (χ2n) is 3.75. The Morgan fingerprint density at radius 3 is 2.67 bits per heavy atom. The van der Waals surface area contributed by atoms with E-state index >= 15 is 0 Å². The highest BCUT2D eigenvalue weighted by atomic mass is 127. The number of methoxy groups -OCH3 is 1. The third kappa shape index (κ3) is 3.14. The molecule has 18 heavy (non-hydrogen) atoms. The van der Waals surface area contributed by atoms with Crippen LogP contribution < -0.4 is 5.73 Å². The zero-order valence-corrected chi connectivity index (χ0v) is 12.1. The van der Waals surface area contributed by atoms with Crippen LogP contribution in [0.15, 0.2) is 24.5 Å². The lowest BCUT2D eigenvalue weighted by molar-refractivity contribution is 0.180. The molecule has 0 bridgehead atoms. The van der Waals surface area contributed by atoms with Gasteiger partial charge in [0.1, 0.15) is 11.6 Å². The van der Waals surface area contributed by atoms with Crippen LogP contribution in [0.1, 0.15) is 17.1 Å². The predicted octanol–water partition coefficient (Wildman–Crippen LogP) is 1.80. The van der Waals surface area contributed by atoms with Crippen LogP contribution in [-0.2, 0) is 17.8 Å². The minimum atomic E-state index is 0.439. The normalized spacial score (nSPS) is 10.6. The van der Waals surface area contributed by atoms with Crippen LogP contribution in [0.2, 0.25) is 0 Å². The van der Waals surface area contributed by atoms with Gasteiger partial charge in [0.2, 0.25) is 0 Å². The average molecular weight is 356 g/mol. The van der Waals surface area contributed by atoms with Crippen molar-refractivity contribution in [3.8, 4) is 0 Å². The third-order valence-electron chi connectivity index (χ3n) is 2.38. The van der Waals surface area contributed by atoms with Gasteiger partial charge < -0.3 is 10.5 Å². The molecule has 94 valence electrons. The van der Waals surface area contributed by atoms with Crippen molar-refractivity contribution >= 4 is 28.4 Å². The fourth-order valence-electron chi connectivity index (χ4n) is 1.56. The Balaban J connectivity index is 2.28. The SMILES string of the molecule is COCc1nc(Cc2ccncc2)nc(N)c1I. The van der Waals surface area contributed by atoms with Crippen LogP contribution in [0.25, 0.3) is 0 Å². The average Bonchev–Trinajstić information content (AvgIpc) is 2.37. The Hall–Kier alpha value is -1.28. The molecule has 0 spiro atoms. The molecule has 6 heteroatoms. The standard InChI is InChI=1S/C12H13IN4O/c1-18-7-9-11(13)12(14)17-10(16-9)6-8-2-4-15-5-3-8/h2-5H,6-7H2,1H3,(H2,14,16,17). The molecular weight excluding hydrogens is 343 g/mol. The van der Waals surface area contributed by atoms with Gasteiger partial charge in [0, 0.05) is 25.9 Å². The Labute approximate surface area is 119 Å². The number of nitrogens with two attached hydrogens (primary N) is 1. The number of hydrogen-bond acceptors (Lipinski definition) is 5. The van der Waals surface area contributed by atoms with Crippen molar-refractivity contribution in [2.45, 2.75) is 13.0 Å². The van der Waals surface area contributed by atoms with Crippen molar-refractivity contribution in [1.29, 1.82) is 0 Å². The maximum absolute atomic E-state index is 5.88. The van der Waals surface area contributed by atoms with Crippen molar-refractivity contribution < 1.29 is 4.74 Å². The van der Waals surface area contributed by atoms with E-state index in [1.54, 1.807) is 19.5 Å². The Morgan fingerprint density at radius 1 is 1.28 bits per heavy atom. The minimum Gasteiger partial charge on any atom is -0.383 e. The molecule has 0 aliphatic rings. The van der Waals surface area contributed by atoms with Crippen LogP contribution in [0.3, 0.4) is 0 Å². The van der Waals surface area contributed by atoms with E-state index in [2.05, 4.69) is 37.5 Å². The molecule has 2 aromatic rings. The summed E-state index contributed by atoms with van der Waals surface area (Å²) in [7, 11) is 1.64. The summed E-state index contributed by atoms with van der Waals surface area (Å²) in [5.41, 5.74) is 7.81. The first kappa shape index (κ1) is 13.2. The van der Waals surface area contributed by atoms with E-state index in [-0.39, 0.29) is 0 Å². The summed E-state index contributed by atoms with van der Waals surface area (Å²) in [6.07, 6.45) is 4.14. The van der Waals surface area contributed by atoms with E-state index in [0.717, 1.165) is 14.8 Å². The van der Waals surface area contributed by atoms with Crippen molar-refractivity contribution in [2.24, 2.45) is 0 Å². The monoisotopic (exact) mass is 356 g/mol. The molecule has 2 heterocycles. The highest BCUT2D eigenvalue weighted by molar-refractivity contribution is 14.1. The van der Waals surface area contributed by atoms with Crippen LogP contribution in [0.4, 0.5) is 5.82 Å². The largest absolute Gasteiger partial charge is 0.383 e. The quantitative estimate of drug-likeness (QED) is 0.846.